The summed E-state index contributed by atoms with van der Waals surface area (Å²) in [6.45, 7) is -0.416. The molecule has 29 heavy (non-hydrogen) atoms. The zero-order valence-corrected chi connectivity index (χ0v) is 14.8. The number of nitrogens with one attached hydrogen (secondary N) is 1. The molecule has 1 unspecified atom stereocenters. The third kappa shape index (κ3) is 7.47. The highest BCUT2D eigenvalue weighted by Crippen LogP contribution is 2.30. The van der Waals surface area contributed by atoms with Crippen molar-refractivity contribution in [3.63, 3.8) is 0 Å². The van der Waals surface area contributed by atoms with Crippen LogP contribution in [0.3, 0.4) is 0 Å². The van der Waals surface area contributed by atoms with Crippen molar-refractivity contribution >= 4 is 5.91 Å². The van der Waals surface area contributed by atoms with Crippen LogP contribution < -0.4 is 14.8 Å². The molecule has 0 aliphatic rings. The first kappa shape index (κ1) is 22.2. The Morgan fingerprint density at radius 3 is 2.21 bits per heavy atom. The molecule has 1 aromatic carbocycles. The highest BCUT2D eigenvalue weighted by atomic mass is 19.4. The second-order valence-electron chi connectivity index (χ2n) is 5.78. The molecule has 0 bridgehead atoms. The summed E-state index contributed by atoms with van der Waals surface area (Å²) in [7, 11) is 0. The first-order valence-electron chi connectivity index (χ1n) is 8.05. The maximum absolute atomic E-state index is 12.5. The maximum atomic E-state index is 12.5. The van der Waals surface area contributed by atoms with E-state index in [0.717, 1.165) is 36.7 Å². The van der Waals surface area contributed by atoms with E-state index in [1.165, 1.54) is 0 Å². The summed E-state index contributed by atoms with van der Waals surface area (Å²) in [5, 5.41) is 2.51. The van der Waals surface area contributed by atoms with Gasteiger partial charge in [0.05, 0.1) is 29.7 Å². The first-order chi connectivity index (χ1) is 13.4. The predicted molar refractivity (Wildman–Crippen MR) is 87.1 cm³/mol. The van der Waals surface area contributed by atoms with E-state index < -0.39 is 43.1 Å². The molecule has 158 valence electrons. The summed E-state index contributed by atoms with van der Waals surface area (Å²) in [5.41, 5.74) is -0.587. The maximum Gasteiger partial charge on any atom is 0.422 e. The number of carbonyl (C=O) groups is 1. The van der Waals surface area contributed by atoms with Crippen molar-refractivity contribution in [1.82, 2.24) is 15.3 Å². The minimum atomic E-state index is -4.51. The summed E-state index contributed by atoms with van der Waals surface area (Å²) in [4.78, 5) is 19.4. The van der Waals surface area contributed by atoms with Crippen LogP contribution in [0.15, 0.2) is 36.7 Å². The van der Waals surface area contributed by atoms with Gasteiger partial charge in [0.2, 0.25) is 5.88 Å². The molecule has 0 saturated heterocycles. The van der Waals surface area contributed by atoms with E-state index in [4.69, 9.17) is 4.74 Å². The van der Waals surface area contributed by atoms with Crippen LogP contribution in [0.25, 0.3) is 0 Å². The standard InChI is InChI=1S/C17H15F6N3O3/c1-10(13-6-25-15(7-24-13)29-9-16(18,19)20)26-14(27)8-28-12-4-2-11(3-5-12)17(21,22)23/h2-7,10H,8-9H2,1H3,(H,26,27). The highest BCUT2D eigenvalue weighted by molar-refractivity contribution is 5.77. The number of ether oxygens (including phenoxy) is 2. The third-order valence-corrected chi connectivity index (χ3v) is 3.40. The molecule has 0 spiro atoms. The van der Waals surface area contributed by atoms with Crippen molar-refractivity contribution in [2.45, 2.75) is 25.3 Å². The Morgan fingerprint density at radius 2 is 1.69 bits per heavy atom. The zero-order valence-electron chi connectivity index (χ0n) is 14.8. The van der Waals surface area contributed by atoms with E-state index in [9.17, 15) is 31.1 Å². The highest BCUT2D eigenvalue weighted by Gasteiger charge is 2.30. The largest absolute Gasteiger partial charge is 0.484 e. The molecule has 12 heteroatoms. The molecule has 0 saturated carbocycles. The Balaban J connectivity index is 1.82. The van der Waals surface area contributed by atoms with Crippen molar-refractivity contribution in [2.24, 2.45) is 0 Å². The number of carbonyl (C=O) groups excluding carboxylic acids is 1. The second kappa shape index (κ2) is 8.97. The molecule has 0 fully saturated rings. The number of aromatic nitrogens is 2. The molecule has 2 rings (SSSR count). The molecular formula is C17H15F6N3O3. The summed E-state index contributed by atoms with van der Waals surface area (Å²) in [6.07, 6.45) is -6.84. The van der Waals surface area contributed by atoms with Crippen LogP contribution in [0.4, 0.5) is 26.3 Å². The lowest BCUT2D eigenvalue weighted by molar-refractivity contribution is -0.154. The lowest BCUT2D eigenvalue weighted by Crippen LogP contribution is -2.31. The van der Waals surface area contributed by atoms with Gasteiger partial charge in [-0.05, 0) is 31.2 Å². The Bertz CT molecular complexity index is 807. The average molecular weight is 423 g/mol. The number of amides is 1. The molecule has 1 atom stereocenters. The fourth-order valence-electron chi connectivity index (χ4n) is 2.03. The van der Waals surface area contributed by atoms with Gasteiger partial charge in [-0.25, -0.2) is 4.98 Å². The lowest BCUT2D eigenvalue weighted by atomic mass is 10.2. The number of alkyl halides is 6. The van der Waals surface area contributed by atoms with Crippen LogP contribution in [0, 0.1) is 0 Å². The molecule has 2 aromatic rings. The van der Waals surface area contributed by atoms with Gasteiger partial charge in [0.1, 0.15) is 5.75 Å². The van der Waals surface area contributed by atoms with Gasteiger partial charge >= 0.3 is 12.4 Å². The second-order valence-corrected chi connectivity index (χ2v) is 5.78. The zero-order chi connectivity index (χ0) is 21.7. The van der Waals surface area contributed by atoms with Crippen LogP contribution in [-0.4, -0.2) is 35.3 Å². The van der Waals surface area contributed by atoms with Crippen LogP contribution >= 0.6 is 0 Å². The van der Waals surface area contributed by atoms with Crippen LogP contribution in [0.1, 0.15) is 24.2 Å². The van der Waals surface area contributed by atoms with Gasteiger partial charge in [-0.15, -0.1) is 0 Å². The number of hydrogen-bond donors (Lipinski definition) is 1. The third-order valence-electron chi connectivity index (χ3n) is 3.40. The normalized spacial score (nSPS) is 12.9. The van der Waals surface area contributed by atoms with Crippen LogP contribution in [-0.2, 0) is 11.0 Å². The SMILES string of the molecule is CC(NC(=O)COc1ccc(C(F)(F)F)cc1)c1cnc(OCC(F)(F)F)cn1. The average Bonchev–Trinajstić information content (AvgIpc) is 2.64. The van der Waals surface area contributed by atoms with Gasteiger partial charge in [-0.1, -0.05) is 0 Å². The monoisotopic (exact) mass is 423 g/mol. The minimum Gasteiger partial charge on any atom is -0.484 e. The number of nitrogens with zero attached hydrogens (tertiary/aromatic N) is 2. The molecular weight excluding hydrogens is 408 g/mol. The van der Waals surface area contributed by atoms with Crippen molar-refractivity contribution in [2.75, 3.05) is 13.2 Å². The molecule has 1 aromatic heterocycles. The Kier molecular flexibility index (Phi) is 6.88. The van der Waals surface area contributed by atoms with E-state index >= 15 is 0 Å². The fourth-order valence-corrected chi connectivity index (χ4v) is 2.03. The molecule has 6 nitrogen and oxygen atoms in total. The quantitative estimate of drug-likeness (QED) is 0.688. The number of hydrogen-bond acceptors (Lipinski definition) is 5. The van der Waals surface area contributed by atoms with E-state index in [1.807, 2.05) is 0 Å². The summed E-state index contributed by atoms with van der Waals surface area (Å²) >= 11 is 0. The summed E-state index contributed by atoms with van der Waals surface area (Å²) in [5.74, 6) is -0.835. The fraction of sp³-hybridized carbons (Fsp3) is 0.353. The lowest BCUT2D eigenvalue weighted by Gasteiger charge is -2.14. The van der Waals surface area contributed by atoms with E-state index in [1.54, 1.807) is 6.92 Å². The molecule has 1 amide bonds. The van der Waals surface area contributed by atoms with Crippen molar-refractivity contribution in [3.8, 4) is 11.6 Å². The smallest absolute Gasteiger partial charge is 0.422 e. The van der Waals surface area contributed by atoms with Gasteiger partial charge in [-0.3, -0.25) is 9.78 Å². The van der Waals surface area contributed by atoms with Gasteiger partial charge < -0.3 is 14.8 Å². The van der Waals surface area contributed by atoms with E-state index in [0.29, 0.717) is 0 Å². The first-order valence-corrected chi connectivity index (χ1v) is 8.05. The Labute approximate surface area is 160 Å². The van der Waals surface area contributed by atoms with Crippen LogP contribution in [0.2, 0.25) is 0 Å². The van der Waals surface area contributed by atoms with Crippen molar-refractivity contribution < 1.29 is 40.6 Å². The van der Waals surface area contributed by atoms with E-state index in [2.05, 4.69) is 20.0 Å². The number of halogens is 6. The van der Waals surface area contributed by atoms with Crippen LogP contribution in [0.5, 0.6) is 11.6 Å². The molecule has 1 N–H and O–H groups in total. The molecule has 0 aliphatic carbocycles. The number of rotatable bonds is 7. The van der Waals surface area contributed by atoms with Crippen molar-refractivity contribution in [1.29, 1.82) is 0 Å². The van der Waals surface area contributed by atoms with Gasteiger partial charge in [0.15, 0.2) is 13.2 Å². The summed E-state index contributed by atoms with van der Waals surface area (Å²) < 4.78 is 83.2. The predicted octanol–water partition coefficient (Wildman–Crippen LogP) is 3.69. The molecule has 0 radical (unpaired) electrons. The van der Waals surface area contributed by atoms with Gasteiger partial charge in [0.25, 0.3) is 5.91 Å². The Hall–Kier alpha value is -3.05. The van der Waals surface area contributed by atoms with Crippen molar-refractivity contribution in [3.05, 3.63) is 47.9 Å². The van der Waals surface area contributed by atoms with E-state index in [-0.39, 0.29) is 17.3 Å². The Morgan fingerprint density at radius 1 is 1.03 bits per heavy atom. The molecule has 1 heterocycles. The number of benzene rings is 1. The minimum absolute atomic E-state index is 0.0757. The van der Waals surface area contributed by atoms with Gasteiger partial charge in [0, 0.05) is 0 Å². The topological polar surface area (TPSA) is 73.3 Å². The molecule has 0 aliphatic heterocycles. The summed E-state index contributed by atoms with van der Waals surface area (Å²) in [6, 6.07) is 3.18. The van der Waals surface area contributed by atoms with Gasteiger partial charge in [-0.2, -0.15) is 26.3 Å².